The average molecular weight is 411 g/mol. The Morgan fingerprint density at radius 2 is 1.88 bits per heavy atom. The molecule has 4 aromatic rings. The van der Waals surface area contributed by atoms with E-state index in [2.05, 4.69) is 36.4 Å². The lowest BCUT2D eigenvalue weighted by atomic mass is 10.1. The minimum atomic E-state index is -0.382. The molecule has 0 bridgehead atoms. The lowest BCUT2D eigenvalue weighted by Crippen LogP contribution is -2.11. The van der Waals surface area contributed by atoms with Gasteiger partial charge in [0, 0.05) is 6.20 Å². The molecule has 26 heavy (non-hydrogen) atoms. The predicted octanol–water partition coefficient (Wildman–Crippen LogP) is 4.41. The van der Waals surface area contributed by atoms with Crippen molar-refractivity contribution < 1.29 is 13.7 Å². The summed E-state index contributed by atoms with van der Waals surface area (Å²) < 4.78 is 11.1. The maximum atomic E-state index is 12.3. The van der Waals surface area contributed by atoms with Gasteiger partial charge >= 0.3 is 0 Å². The van der Waals surface area contributed by atoms with Crippen molar-refractivity contribution >= 4 is 27.5 Å². The molecule has 0 unspecified atom stereocenters. The number of pyridine rings is 1. The van der Waals surface area contributed by atoms with E-state index in [9.17, 15) is 4.79 Å². The van der Waals surface area contributed by atoms with Crippen LogP contribution in [0.4, 0.5) is 5.69 Å². The monoisotopic (exact) mass is 410 g/mol. The van der Waals surface area contributed by atoms with E-state index in [1.165, 1.54) is 0 Å². The van der Waals surface area contributed by atoms with Crippen LogP contribution in [-0.2, 0) is 0 Å². The van der Waals surface area contributed by atoms with E-state index < -0.39 is 0 Å². The molecule has 0 aliphatic carbocycles. The number of anilines is 1. The Balaban J connectivity index is 1.64. The third-order valence-corrected chi connectivity index (χ3v) is 3.95. The van der Waals surface area contributed by atoms with Gasteiger partial charge in [-0.1, -0.05) is 23.4 Å². The third kappa shape index (κ3) is 3.27. The molecule has 7 nitrogen and oxygen atoms in total. The van der Waals surface area contributed by atoms with Crippen LogP contribution >= 0.6 is 15.9 Å². The molecule has 0 spiro atoms. The Hall–Kier alpha value is -3.26. The Morgan fingerprint density at radius 3 is 2.65 bits per heavy atom. The molecular weight excluding hydrogens is 400 g/mol. The van der Waals surface area contributed by atoms with Gasteiger partial charge in [0.2, 0.25) is 5.82 Å². The molecule has 0 saturated heterocycles. The van der Waals surface area contributed by atoms with Crippen molar-refractivity contribution in [2.45, 2.75) is 0 Å². The molecule has 4 rings (SSSR count). The first kappa shape index (κ1) is 16.2. The highest BCUT2D eigenvalue weighted by atomic mass is 79.9. The van der Waals surface area contributed by atoms with Crippen molar-refractivity contribution in [3.05, 3.63) is 71.2 Å². The fraction of sp³-hybridized carbons (Fsp3) is 0. The molecule has 1 N–H and O–H groups in total. The SMILES string of the molecule is O=C(Nc1ccccc1-c1nc(-c2ccccn2)no1)c1ccc(Br)o1. The number of aromatic nitrogens is 3. The summed E-state index contributed by atoms with van der Waals surface area (Å²) in [5.74, 6) is 0.456. The number of hydrogen-bond donors (Lipinski definition) is 1. The molecular formula is C18H11BrN4O3. The molecule has 0 radical (unpaired) electrons. The zero-order chi connectivity index (χ0) is 17.9. The van der Waals surface area contributed by atoms with Crippen LogP contribution in [0, 0.1) is 0 Å². The van der Waals surface area contributed by atoms with Crippen LogP contribution < -0.4 is 5.32 Å². The molecule has 128 valence electrons. The van der Waals surface area contributed by atoms with E-state index in [0.717, 1.165) is 0 Å². The minimum Gasteiger partial charge on any atom is -0.444 e. The van der Waals surface area contributed by atoms with Crippen molar-refractivity contribution in [3.63, 3.8) is 0 Å². The van der Waals surface area contributed by atoms with Crippen LogP contribution in [0.5, 0.6) is 0 Å². The molecule has 0 saturated carbocycles. The third-order valence-electron chi connectivity index (χ3n) is 3.52. The van der Waals surface area contributed by atoms with E-state index in [1.807, 2.05) is 18.2 Å². The number of benzene rings is 1. The van der Waals surface area contributed by atoms with Crippen LogP contribution in [0.15, 0.2) is 74.4 Å². The number of para-hydroxylation sites is 1. The highest BCUT2D eigenvalue weighted by molar-refractivity contribution is 9.10. The van der Waals surface area contributed by atoms with Crippen molar-refractivity contribution in [2.75, 3.05) is 5.32 Å². The van der Waals surface area contributed by atoms with E-state index in [0.29, 0.717) is 27.4 Å². The fourth-order valence-electron chi connectivity index (χ4n) is 2.33. The van der Waals surface area contributed by atoms with Crippen molar-refractivity contribution in [3.8, 4) is 23.0 Å². The van der Waals surface area contributed by atoms with Gasteiger partial charge in [0.15, 0.2) is 10.4 Å². The second kappa shape index (κ2) is 6.93. The van der Waals surface area contributed by atoms with Gasteiger partial charge in [-0.3, -0.25) is 9.78 Å². The van der Waals surface area contributed by atoms with E-state index >= 15 is 0 Å². The second-order valence-corrected chi connectivity index (χ2v) is 6.02. The second-order valence-electron chi connectivity index (χ2n) is 5.24. The maximum absolute atomic E-state index is 12.3. The summed E-state index contributed by atoms with van der Waals surface area (Å²) in [6.07, 6.45) is 1.65. The summed E-state index contributed by atoms with van der Waals surface area (Å²) in [6.45, 7) is 0. The van der Waals surface area contributed by atoms with Gasteiger partial charge in [-0.2, -0.15) is 4.98 Å². The van der Waals surface area contributed by atoms with Gasteiger partial charge in [-0.15, -0.1) is 0 Å². The Labute approximate surface area is 156 Å². The first-order chi connectivity index (χ1) is 12.7. The van der Waals surface area contributed by atoms with Crippen LogP contribution in [-0.4, -0.2) is 21.0 Å². The minimum absolute atomic E-state index is 0.186. The van der Waals surface area contributed by atoms with Crippen molar-refractivity contribution in [2.24, 2.45) is 0 Å². The lowest BCUT2D eigenvalue weighted by molar-refractivity contribution is 0.0995. The number of nitrogens with zero attached hydrogens (tertiary/aromatic N) is 3. The standard InChI is InChI=1S/C18H11BrN4O3/c19-15-9-8-14(25-15)17(24)21-12-6-2-1-5-11(12)18-22-16(23-26-18)13-7-3-4-10-20-13/h1-10H,(H,21,24). The zero-order valence-electron chi connectivity index (χ0n) is 13.2. The van der Waals surface area contributed by atoms with Gasteiger partial charge in [-0.05, 0) is 52.3 Å². The number of carbonyl (C=O) groups excluding carboxylic acids is 1. The van der Waals surface area contributed by atoms with Crippen LogP contribution in [0.3, 0.4) is 0 Å². The highest BCUT2D eigenvalue weighted by Gasteiger charge is 2.17. The number of carbonyl (C=O) groups is 1. The number of rotatable bonds is 4. The summed E-state index contributed by atoms with van der Waals surface area (Å²) in [5.41, 5.74) is 1.73. The normalized spacial score (nSPS) is 10.7. The van der Waals surface area contributed by atoms with Crippen LogP contribution in [0.1, 0.15) is 10.6 Å². The molecule has 3 heterocycles. The molecule has 1 amide bonds. The molecule has 0 aliphatic heterocycles. The van der Waals surface area contributed by atoms with Gasteiger partial charge in [0.05, 0.1) is 11.3 Å². The molecule has 0 aliphatic rings. The average Bonchev–Trinajstić information content (AvgIpc) is 3.32. The summed E-state index contributed by atoms with van der Waals surface area (Å²) >= 11 is 3.18. The largest absolute Gasteiger partial charge is 0.444 e. The van der Waals surface area contributed by atoms with Gasteiger partial charge in [-0.25, -0.2) is 0 Å². The lowest BCUT2D eigenvalue weighted by Gasteiger charge is -2.06. The van der Waals surface area contributed by atoms with Crippen molar-refractivity contribution in [1.82, 2.24) is 15.1 Å². The van der Waals surface area contributed by atoms with Gasteiger partial charge in [0.1, 0.15) is 5.69 Å². The predicted molar refractivity (Wildman–Crippen MR) is 97.3 cm³/mol. The topological polar surface area (TPSA) is 94.1 Å². The Bertz CT molecular complexity index is 1060. The molecule has 1 aromatic carbocycles. The first-order valence-corrected chi connectivity index (χ1v) is 8.41. The first-order valence-electron chi connectivity index (χ1n) is 7.62. The smallest absolute Gasteiger partial charge is 0.291 e. The quantitative estimate of drug-likeness (QED) is 0.535. The van der Waals surface area contributed by atoms with E-state index in [1.54, 1.807) is 42.6 Å². The fourth-order valence-corrected chi connectivity index (χ4v) is 2.64. The summed E-state index contributed by atoms with van der Waals surface area (Å²) in [4.78, 5) is 20.9. The molecule has 0 fully saturated rings. The number of halogens is 1. The van der Waals surface area contributed by atoms with Crippen LogP contribution in [0.2, 0.25) is 0 Å². The van der Waals surface area contributed by atoms with Gasteiger partial charge < -0.3 is 14.3 Å². The van der Waals surface area contributed by atoms with E-state index in [-0.39, 0.29) is 17.6 Å². The zero-order valence-corrected chi connectivity index (χ0v) is 14.8. The highest BCUT2D eigenvalue weighted by Crippen LogP contribution is 2.28. The summed E-state index contributed by atoms with van der Waals surface area (Å²) in [6, 6.07) is 15.8. The molecule has 3 aromatic heterocycles. The van der Waals surface area contributed by atoms with Crippen LogP contribution in [0.25, 0.3) is 23.0 Å². The molecule has 0 atom stereocenters. The summed E-state index contributed by atoms with van der Waals surface area (Å²) in [7, 11) is 0. The number of nitrogens with one attached hydrogen (secondary N) is 1. The molecule has 8 heteroatoms. The van der Waals surface area contributed by atoms with Gasteiger partial charge in [0.25, 0.3) is 11.8 Å². The van der Waals surface area contributed by atoms with E-state index in [4.69, 9.17) is 8.94 Å². The summed E-state index contributed by atoms with van der Waals surface area (Å²) in [5, 5.41) is 6.75. The Morgan fingerprint density at radius 1 is 1.04 bits per heavy atom. The number of hydrogen-bond acceptors (Lipinski definition) is 6. The number of amides is 1. The number of furan rings is 1. The maximum Gasteiger partial charge on any atom is 0.291 e. The van der Waals surface area contributed by atoms with Crippen molar-refractivity contribution in [1.29, 1.82) is 0 Å². The Kier molecular flexibility index (Phi) is 4.32.